The fourth-order valence-electron chi connectivity index (χ4n) is 9.03. The number of fused-ring (bicyclic) bond motifs is 4. The number of hydrogen-bond donors (Lipinski definition) is 0. The quantitative estimate of drug-likeness (QED) is 0.285. The van der Waals surface area contributed by atoms with Crippen LogP contribution in [0.15, 0.2) is 117 Å². The van der Waals surface area contributed by atoms with Crippen molar-refractivity contribution in [1.82, 2.24) is 4.81 Å². The Kier molecular flexibility index (Phi) is 6.42. The zero-order valence-corrected chi connectivity index (χ0v) is 23.8. The van der Waals surface area contributed by atoms with Crippen molar-refractivity contribution >= 4 is 18.5 Å². The minimum Gasteiger partial charge on any atom is -0.378 e. The molecular weight excluding hydrogens is 483 g/mol. The first-order valence-corrected chi connectivity index (χ1v) is 16.2. The van der Waals surface area contributed by atoms with Crippen molar-refractivity contribution in [2.24, 2.45) is 28.7 Å². The van der Waals surface area contributed by atoms with Crippen LogP contribution >= 0.6 is 0 Å². The molecule has 7 aliphatic rings. The molecule has 5 aliphatic carbocycles. The number of hydrogen-bond acceptors (Lipinski definition) is 2. The Labute approximate surface area is 240 Å². The molecule has 40 heavy (non-hydrogen) atoms. The topological polar surface area (TPSA) is 15.6 Å². The van der Waals surface area contributed by atoms with Gasteiger partial charge in [0, 0.05) is 29.4 Å². The number of aliphatic imine (C=N–C) groups is 1. The molecule has 0 radical (unpaired) electrons. The SMILES string of the molecule is C1=CC2CCC3C4=C(C5=C(C=CCC5)C(C5C=CCCC5)C4)N(B(C4=CCCCC4)c4ccccc4)C3=C2N=C1. The van der Waals surface area contributed by atoms with E-state index < -0.39 is 0 Å². The third-order valence-electron chi connectivity index (χ3n) is 10.8. The zero-order chi connectivity index (χ0) is 26.5. The van der Waals surface area contributed by atoms with Crippen molar-refractivity contribution in [2.45, 2.75) is 77.0 Å². The van der Waals surface area contributed by atoms with Crippen molar-refractivity contribution in [2.75, 3.05) is 0 Å². The summed E-state index contributed by atoms with van der Waals surface area (Å²) in [6.07, 6.45) is 34.3. The van der Waals surface area contributed by atoms with Crippen molar-refractivity contribution < 1.29 is 0 Å². The van der Waals surface area contributed by atoms with E-state index in [1.165, 1.54) is 81.8 Å². The first kappa shape index (κ1) is 24.7. The highest BCUT2D eigenvalue weighted by Crippen LogP contribution is 2.58. The average molecular weight is 525 g/mol. The summed E-state index contributed by atoms with van der Waals surface area (Å²) in [4.78, 5) is 8.06. The third-order valence-corrected chi connectivity index (χ3v) is 10.8. The van der Waals surface area contributed by atoms with Gasteiger partial charge in [-0.05, 0) is 112 Å². The van der Waals surface area contributed by atoms with Gasteiger partial charge >= 0.3 is 6.85 Å². The summed E-state index contributed by atoms with van der Waals surface area (Å²) in [5.74, 6) is 2.27. The molecule has 2 heterocycles. The van der Waals surface area contributed by atoms with E-state index in [9.17, 15) is 0 Å². The van der Waals surface area contributed by atoms with Gasteiger partial charge in [0.1, 0.15) is 0 Å². The van der Waals surface area contributed by atoms with Crippen LogP contribution in [0.5, 0.6) is 0 Å². The molecule has 8 rings (SSSR count). The summed E-state index contributed by atoms with van der Waals surface area (Å²) in [7, 11) is 0. The Bertz CT molecular complexity index is 1430. The molecule has 0 amide bonds. The van der Waals surface area contributed by atoms with Gasteiger partial charge in [0.15, 0.2) is 0 Å². The summed E-state index contributed by atoms with van der Waals surface area (Å²) < 4.78 is 0. The van der Waals surface area contributed by atoms with E-state index in [0.29, 0.717) is 23.7 Å². The smallest absolute Gasteiger partial charge is 0.323 e. The van der Waals surface area contributed by atoms with Crippen LogP contribution in [0.2, 0.25) is 0 Å². The lowest BCUT2D eigenvalue weighted by molar-refractivity contribution is 0.383. The molecule has 0 spiro atoms. The predicted molar refractivity (Wildman–Crippen MR) is 168 cm³/mol. The zero-order valence-electron chi connectivity index (χ0n) is 23.8. The number of allylic oxidation sites excluding steroid dienone is 11. The normalized spacial score (nSPS) is 30.7. The molecule has 0 saturated heterocycles. The molecule has 0 bridgehead atoms. The number of dihydropyridines is 1. The fourth-order valence-corrected chi connectivity index (χ4v) is 9.03. The molecular formula is C37H41BN2. The summed E-state index contributed by atoms with van der Waals surface area (Å²) in [5, 5.41) is 0. The van der Waals surface area contributed by atoms with Gasteiger partial charge in [0.05, 0.1) is 5.70 Å². The Morgan fingerprint density at radius 1 is 0.875 bits per heavy atom. The third kappa shape index (κ3) is 4.03. The van der Waals surface area contributed by atoms with Crippen molar-refractivity contribution in [3.63, 3.8) is 0 Å². The lowest BCUT2D eigenvalue weighted by atomic mass is 9.46. The standard InChI is InChI=1S/C37H41BN2/c1-4-13-26(14-5-1)33-25-34-32-23-22-27-15-12-24-39-35(27)37(32)40(36(34)31-21-11-10-20-30(31)33)38(28-16-6-2-7-17-28)29-18-8-3-9-19-29/h2,4,6-7,10,12-13,15-18,20,24,26-27,32-33H,1,3,5,8-9,11,14,19,21-23,25H2. The summed E-state index contributed by atoms with van der Waals surface area (Å²) in [6.45, 7) is 0.268. The van der Waals surface area contributed by atoms with Gasteiger partial charge in [-0.3, -0.25) is 4.99 Å². The highest BCUT2D eigenvalue weighted by atomic mass is 15.1. The molecule has 0 N–H and O–H groups in total. The summed E-state index contributed by atoms with van der Waals surface area (Å²) in [6, 6.07) is 11.4. The van der Waals surface area contributed by atoms with Gasteiger partial charge in [-0.15, -0.1) is 0 Å². The Hall–Kier alpha value is -3.07. The van der Waals surface area contributed by atoms with E-state index in [-0.39, 0.29) is 6.85 Å². The first-order valence-electron chi connectivity index (χ1n) is 16.2. The van der Waals surface area contributed by atoms with Gasteiger partial charge in [0.25, 0.3) is 0 Å². The highest BCUT2D eigenvalue weighted by Gasteiger charge is 2.50. The molecule has 1 aromatic carbocycles. The van der Waals surface area contributed by atoms with E-state index in [0.717, 1.165) is 6.42 Å². The molecule has 2 aliphatic heterocycles. The number of nitrogens with zero attached hydrogens (tertiary/aromatic N) is 2. The van der Waals surface area contributed by atoms with Gasteiger partial charge in [-0.2, -0.15) is 0 Å². The molecule has 0 saturated carbocycles. The summed E-state index contributed by atoms with van der Waals surface area (Å²) in [5.41, 5.74) is 12.6. The van der Waals surface area contributed by atoms with Crippen molar-refractivity contribution in [3.8, 4) is 0 Å². The lowest BCUT2D eigenvalue weighted by Gasteiger charge is -2.41. The van der Waals surface area contributed by atoms with E-state index in [1.807, 2.05) is 0 Å². The maximum Gasteiger partial charge on any atom is 0.323 e. The average Bonchev–Trinajstić information content (AvgIpc) is 3.37. The van der Waals surface area contributed by atoms with E-state index in [4.69, 9.17) is 4.99 Å². The van der Waals surface area contributed by atoms with Gasteiger partial charge in [0.2, 0.25) is 0 Å². The van der Waals surface area contributed by atoms with Gasteiger partial charge in [-0.1, -0.05) is 77.7 Å². The van der Waals surface area contributed by atoms with Crippen LogP contribution in [0.1, 0.15) is 77.0 Å². The van der Waals surface area contributed by atoms with E-state index >= 15 is 0 Å². The largest absolute Gasteiger partial charge is 0.378 e. The number of rotatable bonds is 4. The fraction of sp³-hybridized carbons (Fsp3) is 0.432. The van der Waals surface area contributed by atoms with Gasteiger partial charge in [-0.25, -0.2) is 0 Å². The Balaban J connectivity index is 1.35. The first-order chi connectivity index (χ1) is 19.9. The van der Waals surface area contributed by atoms with Crippen molar-refractivity contribution in [3.05, 3.63) is 112 Å². The second-order valence-corrected chi connectivity index (χ2v) is 13.0. The minimum atomic E-state index is 0.268. The van der Waals surface area contributed by atoms with Crippen LogP contribution in [0.3, 0.4) is 0 Å². The second-order valence-electron chi connectivity index (χ2n) is 13.0. The van der Waals surface area contributed by atoms with E-state index in [2.05, 4.69) is 83.9 Å². The van der Waals surface area contributed by atoms with Crippen LogP contribution in [0.4, 0.5) is 0 Å². The summed E-state index contributed by atoms with van der Waals surface area (Å²) >= 11 is 0. The monoisotopic (exact) mass is 524 g/mol. The minimum absolute atomic E-state index is 0.268. The molecule has 1 aromatic rings. The second kappa shape index (κ2) is 10.4. The Morgan fingerprint density at radius 3 is 2.67 bits per heavy atom. The number of benzene rings is 1. The highest BCUT2D eigenvalue weighted by molar-refractivity contribution is 6.78. The van der Waals surface area contributed by atoms with Crippen LogP contribution in [-0.4, -0.2) is 17.9 Å². The lowest BCUT2D eigenvalue weighted by Crippen LogP contribution is -2.49. The van der Waals surface area contributed by atoms with Gasteiger partial charge < -0.3 is 4.81 Å². The Morgan fingerprint density at radius 2 is 1.82 bits per heavy atom. The molecule has 4 atom stereocenters. The van der Waals surface area contributed by atoms with Crippen LogP contribution < -0.4 is 5.46 Å². The van der Waals surface area contributed by atoms with Crippen LogP contribution in [0.25, 0.3) is 0 Å². The van der Waals surface area contributed by atoms with Crippen LogP contribution in [-0.2, 0) is 0 Å². The van der Waals surface area contributed by atoms with E-state index in [1.54, 1.807) is 33.6 Å². The molecule has 202 valence electrons. The molecule has 4 unspecified atom stereocenters. The molecule has 2 nitrogen and oxygen atoms in total. The maximum atomic E-state index is 5.18. The van der Waals surface area contributed by atoms with Crippen molar-refractivity contribution in [1.29, 1.82) is 0 Å². The van der Waals surface area contributed by atoms with Crippen LogP contribution in [0, 0.1) is 23.7 Å². The maximum absolute atomic E-state index is 5.18. The molecule has 3 heteroatoms. The predicted octanol–water partition coefficient (Wildman–Crippen LogP) is 8.40. The molecule has 0 aromatic heterocycles. The molecule has 0 fully saturated rings.